The standard InChI is InChI=1S/C16H22N2O2/c1-3-4-11-18-15-8-6-5-7-13(15)17-14(16(18)20)10-9-12(2)19/h5-8,12,19H,3-4,9-11H2,1-2H3. The molecule has 2 rings (SSSR count). The van der Waals surface area contributed by atoms with E-state index in [0.29, 0.717) is 18.5 Å². The van der Waals surface area contributed by atoms with Crippen LogP contribution in [0.5, 0.6) is 0 Å². The van der Waals surface area contributed by atoms with Crippen molar-refractivity contribution in [1.82, 2.24) is 9.55 Å². The average Bonchev–Trinajstić information content (AvgIpc) is 2.44. The Labute approximate surface area is 119 Å². The van der Waals surface area contributed by atoms with Crippen molar-refractivity contribution < 1.29 is 5.11 Å². The number of unbranched alkanes of at least 4 members (excludes halogenated alkanes) is 1. The third kappa shape index (κ3) is 3.25. The molecule has 1 aromatic carbocycles. The van der Waals surface area contributed by atoms with Crippen molar-refractivity contribution in [2.45, 2.75) is 52.2 Å². The fourth-order valence-electron chi connectivity index (χ4n) is 2.29. The highest BCUT2D eigenvalue weighted by Crippen LogP contribution is 2.12. The number of hydrogen-bond donors (Lipinski definition) is 1. The zero-order valence-corrected chi connectivity index (χ0v) is 12.2. The maximum atomic E-state index is 12.5. The molecular weight excluding hydrogens is 252 g/mol. The lowest BCUT2D eigenvalue weighted by Crippen LogP contribution is -2.26. The number of hydrogen-bond acceptors (Lipinski definition) is 3. The van der Waals surface area contributed by atoms with Gasteiger partial charge in [0.2, 0.25) is 0 Å². The Bertz CT molecular complexity index is 632. The summed E-state index contributed by atoms with van der Waals surface area (Å²) in [7, 11) is 0. The van der Waals surface area contributed by atoms with E-state index in [4.69, 9.17) is 0 Å². The van der Waals surface area contributed by atoms with E-state index in [2.05, 4.69) is 11.9 Å². The summed E-state index contributed by atoms with van der Waals surface area (Å²) in [6.07, 6.45) is 2.70. The van der Waals surface area contributed by atoms with Crippen LogP contribution in [0.4, 0.5) is 0 Å². The number of aliphatic hydroxyl groups excluding tert-OH is 1. The molecule has 0 saturated heterocycles. The van der Waals surface area contributed by atoms with E-state index in [-0.39, 0.29) is 5.56 Å². The van der Waals surface area contributed by atoms with Gasteiger partial charge in [0.05, 0.1) is 17.1 Å². The van der Waals surface area contributed by atoms with Crippen LogP contribution in [0.2, 0.25) is 0 Å². The normalized spacial score (nSPS) is 12.8. The van der Waals surface area contributed by atoms with Gasteiger partial charge < -0.3 is 9.67 Å². The lowest BCUT2D eigenvalue weighted by Gasteiger charge is -2.12. The van der Waals surface area contributed by atoms with Crippen LogP contribution in [0.1, 0.15) is 38.8 Å². The molecule has 108 valence electrons. The molecular formula is C16H22N2O2. The summed E-state index contributed by atoms with van der Waals surface area (Å²) in [5, 5.41) is 9.39. The van der Waals surface area contributed by atoms with Gasteiger partial charge in [-0.3, -0.25) is 4.79 Å². The second-order valence-electron chi connectivity index (χ2n) is 5.25. The number of aryl methyl sites for hydroxylation is 2. The van der Waals surface area contributed by atoms with Crippen molar-refractivity contribution in [2.75, 3.05) is 0 Å². The van der Waals surface area contributed by atoms with Crippen LogP contribution in [0.25, 0.3) is 11.0 Å². The Morgan fingerprint density at radius 1 is 1.35 bits per heavy atom. The van der Waals surface area contributed by atoms with Gasteiger partial charge in [0, 0.05) is 6.54 Å². The smallest absolute Gasteiger partial charge is 0.272 e. The number of para-hydroxylation sites is 2. The maximum Gasteiger partial charge on any atom is 0.272 e. The highest BCUT2D eigenvalue weighted by Gasteiger charge is 2.11. The minimum Gasteiger partial charge on any atom is -0.393 e. The van der Waals surface area contributed by atoms with E-state index in [9.17, 15) is 9.90 Å². The SMILES string of the molecule is CCCCn1c(=O)c(CCC(C)O)nc2ccccc21. The Hall–Kier alpha value is -1.68. The van der Waals surface area contributed by atoms with Crippen molar-refractivity contribution in [3.05, 3.63) is 40.3 Å². The quantitative estimate of drug-likeness (QED) is 0.880. The molecule has 0 radical (unpaired) electrons. The van der Waals surface area contributed by atoms with Crippen LogP contribution in [0, 0.1) is 0 Å². The molecule has 0 saturated carbocycles. The van der Waals surface area contributed by atoms with Gasteiger partial charge in [0.1, 0.15) is 5.69 Å². The molecule has 0 fully saturated rings. The van der Waals surface area contributed by atoms with Gasteiger partial charge in [-0.2, -0.15) is 0 Å². The summed E-state index contributed by atoms with van der Waals surface area (Å²) in [6, 6.07) is 7.74. The van der Waals surface area contributed by atoms with E-state index in [0.717, 1.165) is 30.4 Å². The van der Waals surface area contributed by atoms with E-state index in [1.165, 1.54) is 0 Å². The molecule has 0 aliphatic carbocycles. The lowest BCUT2D eigenvalue weighted by molar-refractivity contribution is 0.184. The zero-order valence-electron chi connectivity index (χ0n) is 12.2. The van der Waals surface area contributed by atoms with Crippen LogP contribution in [0.15, 0.2) is 29.1 Å². The number of benzene rings is 1. The van der Waals surface area contributed by atoms with Crippen LogP contribution >= 0.6 is 0 Å². The molecule has 1 N–H and O–H groups in total. The Morgan fingerprint density at radius 3 is 2.80 bits per heavy atom. The molecule has 0 aliphatic heterocycles. The maximum absolute atomic E-state index is 12.5. The zero-order chi connectivity index (χ0) is 14.5. The first-order chi connectivity index (χ1) is 9.63. The van der Waals surface area contributed by atoms with E-state index in [1.54, 1.807) is 6.92 Å². The predicted molar refractivity (Wildman–Crippen MR) is 80.9 cm³/mol. The van der Waals surface area contributed by atoms with Crippen LogP contribution < -0.4 is 5.56 Å². The molecule has 20 heavy (non-hydrogen) atoms. The summed E-state index contributed by atoms with van der Waals surface area (Å²) in [5.41, 5.74) is 2.29. The topological polar surface area (TPSA) is 55.1 Å². The van der Waals surface area contributed by atoms with Gasteiger partial charge in [-0.1, -0.05) is 25.5 Å². The van der Waals surface area contributed by atoms with Gasteiger partial charge in [0.25, 0.3) is 5.56 Å². The third-order valence-corrected chi connectivity index (χ3v) is 3.45. The lowest BCUT2D eigenvalue weighted by atomic mass is 10.1. The summed E-state index contributed by atoms with van der Waals surface area (Å²) in [5.74, 6) is 0. The number of rotatable bonds is 6. The molecule has 1 aromatic heterocycles. The Balaban J connectivity index is 2.48. The number of aliphatic hydroxyl groups is 1. The first kappa shape index (κ1) is 14.7. The number of nitrogens with zero attached hydrogens (tertiary/aromatic N) is 2. The minimum absolute atomic E-state index is 0.0159. The van der Waals surface area contributed by atoms with Crippen molar-refractivity contribution in [3.63, 3.8) is 0 Å². The second kappa shape index (κ2) is 6.66. The highest BCUT2D eigenvalue weighted by molar-refractivity contribution is 5.74. The first-order valence-electron chi connectivity index (χ1n) is 7.30. The predicted octanol–water partition coefficient (Wildman–Crippen LogP) is 2.51. The minimum atomic E-state index is -0.410. The summed E-state index contributed by atoms with van der Waals surface area (Å²) >= 11 is 0. The second-order valence-corrected chi connectivity index (χ2v) is 5.25. The van der Waals surface area contributed by atoms with Crippen LogP contribution in [-0.2, 0) is 13.0 Å². The van der Waals surface area contributed by atoms with Gasteiger partial charge >= 0.3 is 0 Å². The molecule has 2 aromatic rings. The average molecular weight is 274 g/mol. The fourth-order valence-corrected chi connectivity index (χ4v) is 2.29. The Kier molecular flexibility index (Phi) is 4.90. The van der Waals surface area contributed by atoms with Crippen molar-refractivity contribution in [1.29, 1.82) is 0 Å². The molecule has 0 bridgehead atoms. The van der Waals surface area contributed by atoms with Crippen molar-refractivity contribution >= 4 is 11.0 Å². The van der Waals surface area contributed by atoms with Crippen LogP contribution in [0.3, 0.4) is 0 Å². The van der Waals surface area contributed by atoms with Gasteiger partial charge in [-0.25, -0.2) is 4.98 Å². The summed E-state index contributed by atoms with van der Waals surface area (Å²) < 4.78 is 1.82. The first-order valence-corrected chi connectivity index (χ1v) is 7.30. The molecule has 4 nitrogen and oxygen atoms in total. The van der Waals surface area contributed by atoms with Crippen molar-refractivity contribution in [3.8, 4) is 0 Å². The largest absolute Gasteiger partial charge is 0.393 e. The third-order valence-electron chi connectivity index (χ3n) is 3.45. The molecule has 1 unspecified atom stereocenters. The highest BCUT2D eigenvalue weighted by atomic mass is 16.3. The van der Waals surface area contributed by atoms with Crippen molar-refractivity contribution in [2.24, 2.45) is 0 Å². The van der Waals surface area contributed by atoms with Gasteiger partial charge in [-0.15, -0.1) is 0 Å². The van der Waals surface area contributed by atoms with E-state index >= 15 is 0 Å². The molecule has 0 amide bonds. The van der Waals surface area contributed by atoms with Crippen LogP contribution in [-0.4, -0.2) is 20.8 Å². The summed E-state index contributed by atoms with van der Waals surface area (Å²) in [6.45, 7) is 4.57. The Morgan fingerprint density at radius 2 is 2.10 bits per heavy atom. The number of fused-ring (bicyclic) bond motifs is 1. The van der Waals surface area contributed by atoms with E-state index in [1.807, 2.05) is 28.8 Å². The van der Waals surface area contributed by atoms with E-state index < -0.39 is 6.10 Å². The molecule has 0 aliphatic rings. The van der Waals surface area contributed by atoms with Gasteiger partial charge in [-0.05, 0) is 38.3 Å². The molecule has 0 spiro atoms. The number of aromatic nitrogens is 2. The monoisotopic (exact) mass is 274 g/mol. The molecule has 1 heterocycles. The van der Waals surface area contributed by atoms with Gasteiger partial charge in [0.15, 0.2) is 0 Å². The molecule has 1 atom stereocenters. The summed E-state index contributed by atoms with van der Waals surface area (Å²) in [4.78, 5) is 17.0. The molecule has 4 heteroatoms. The fraction of sp³-hybridized carbons (Fsp3) is 0.500.